The van der Waals surface area contributed by atoms with Crippen LogP contribution in [0.5, 0.6) is 11.5 Å². The van der Waals surface area contributed by atoms with Crippen molar-refractivity contribution in [1.29, 1.82) is 0 Å². The first-order valence-corrected chi connectivity index (χ1v) is 13.4. The van der Waals surface area contributed by atoms with Crippen molar-refractivity contribution < 1.29 is 27.5 Å². The zero-order valence-corrected chi connectivity index (χ0v) is 23.2. The van der Waals surface area contributed by atoms with Crippen LogP contribution in [0.25, 0.3) is 0 Å². The van der Waals surface area contributed by atoms with Gasteiger partial charge in [-0.3, -0.25) is 13.9 Å². The van der Waals surface area contributed by atoms with E-state index < -0.39 is 34.1 Å². The van der Waals surface area contributed by atoms with E-state index >= 15 is 0 Å². The first-order valence-electron chi connectivity index (χ1n) is 11.2. The number of carbonyl (C=O) groups is 2. The largest absolute Gasteiger partial charge is 0.493 e. The zero-order valence-electron chi connectivity index (χ0n) is 21.7. The minimum atomic E-state index is -3.87. The molecule has 36 heavy (non-hydrogen) atoms. The average molecular weight is 540 g/mol. The normalized spacial score (nSPS) is 12.4. The molecule has 0 aliphatic heterocycles. The molecule has 0 fully saturated rings. The van der Waals surface area contributed by atoms with Gasteiger partial charge in [-0.15, -0.1) is 0 Å². The fraction of sp³-hybridized carbons (Fsp3) is 0.440. The van der Waals surface area contributed by atoms with Crippen LogP contribution in [0.3, 0.4) is 0 Å². The number of ether oxygens (including phenoxy) is 2. The van der Waals surface area contributed by atoms with Crippen molar-refractivity contribution in [3.63, 3.8) is 0 Å². The van der Waals surface area contributed by atoms with Gasteiger partial charge in [0.15, 0.2) is 11.5 Å². The third kappa shape index (κ3) is 8.03. The molecule has 1 N–H and O–H groups in total. The summed E-state index contributed by atoms with van der Waals surface area (Å²) >= 11 is 5.99. The highest BCUT2D eigenvalue weighted by Crippen LogP contribution is 2.32. The quantitative estimate of drug-likeness (QED) is 0.496. The standard InChI is InChI=1S/C25H34ClN3O6S/c1-17(24(31)27-25(2,3)4)28(15-18-8-10-19(26)11-9-18)23(30)16-29(36(7,32)33)20-12-13-21(34-5)22(14-20)35-6/h8-14,17H,15-16H2,1-7H3,(H,27,31). The molecule has 0 saturated carbocycles. The second kappa shape index (κ2) is 11.8. The molecule has 2 aromatic rings. The van der Waals surface area contributed by atoms with E-state index in [1.807, 2.05) is 20.8 Å². The summed E-state index contributed by atoms with van der Waals surface area (Å²) in [6, 6.07) is 10.6. The van der Waals surface area contributed by atoms with Gasteiger partial charge in [0, 0.05) is 23.2 Å². The Balaban J connectivity index is 2.44. The highest BCUT2D eigenvalue weighted by molar-refractivity contribution is 7.92. The Labute approximate surface area is 218 Å². The predicted molar refractivity (Wildman–Crippen MR) is 141 cm³/mol. The van der Waals surface area contributed by atoms with Gasteiger partial charge in [0.1, 0.15) is 12.6 Å². The van der Waals surface area contributed by atoms with Crippen LogP contribution in [-0.4, -0.2) is 63.7 Å². The lowest BCUT2D eigenvalue weighted by molar-refractivity contribution is -0.140. The van der Waals surface area contributed by atoms with Gasteiger partial charge in [-0.2, -0.15) is 0 Å². The van der Waals surface area contributed by atoms with E-state index in [9.17, 15) is 18.0 Å². The highest BCUT2D eigenvalue weighted by Gasteiger charge is 2.31. The van der Waals surface area contributed by atoms with Crippen LogP contribution in [0, 0.1) is 0 Å². The second-order valence-corrected chi connectivity index (χ2v) is 11.7. The van der Waals surface area contributed by atoms with E-state index in [1.165, 1.54) is 31.3 Å². The van der Waals surface area contributed by atoms with E-state index in [0.29, 0.717) is 16.5 Å². The van der Waals surface area contributed by atoms with Crippen molar-refractivity contribution in [2.75, 3.05) is 31.3 Å². The fourth-order valence-electron chi connectivity index (χ4n) is 3.44. The molecule has 2 rings (SSSR count). The molecule has 0 spiro atoms. The molecule has 9 nitrogen and oxygen atoms in total. The number of hydrogen-bond donors (Lipinski definition) is 1. The number of carbonyl (C=O) groups excluding carboxylic acids is 2. The lowest BCUT2D eigenvalue weighted by atomic mass is 10.1. The molecule has 0 aromatic heterocycles. The topological polar surface area (TPSA) is 105 Å². The third-order valence-corrected chi connectivity index (χ3v) is 6.66. The van der Waals surface area contributed by atoms with Crippen molar-refractivity contribution in [2.45, 2.75) is 45.8 Å². The number of halogens is 1. The molecule has 2 aromatic carbocycles. The number of nitrogens with zero attached hydrogens (tertiary/aromatic N) is 2. The van der Waals surface area contributed by atoms with Crippen LogP contribution >= 0.6 is 11.6 Å². The summed E-state index contributed by atoms with van der Waals surface area (Å²) in [5, 5.41) is 3.41. The summed E-state index contributed by atoms with van der Waals surface area (Å²) < 4.78 is 36.9. The Morgan fingerprint density at radius 3 is 2.11 bits per heavy atom. The smallest absolute Gasteiger partial charge is 0.244 e. The second-order valence-electron chi connectivity index (χ2n) is 9.37. The van der Waals surface area contributed by atoms with Crippen LogP contribution in [0.2, 0.25) is 5.02 Å². The SMILES string of the molecule is COc1ccc(N(CC(=O)N(Cc2ccc(Cl)cc2)C(C)C(=O)NC(C)(C)C)S(C)(=O)=O)cc1OC. The lowest BCUT2D eigenvalue weighted by Gasteiger charge is -2.33. The molecular weight excluding hydrogens is 506 g/mol. The zero-order chi connectivity index (χ0) is 27.3. The minimum absolute atomic E-state index is 0.0816. The fourth-order valence-corrected chi connectivity index (χ4v) is 4.40. The summed E-state index contributed by atoms with van der Waals surface area (Å²) in [6.45, 7) is 6.69. The average Bonchev–Trinajstić information content (AvgIpc) is 2.79. The van der Waals surface area contributed by atoms with Crippen LogP contribution in [0.15, 0.2) is 42.5 Å². The number of hydrogen-bond acceptors (Lipinski definition) is 6. The maximum atomic E-state index is 13.6. The summed E-state index contributed by atoms with van der Waals surface area (Å²) in [4.78, 5) is 27.9. The van der Waals surface area contributed by atoms with Crippen molar-refractivity contribution in [2.24, 2.45) is 0 Å². The molecule has 0 aliphatic rings. The van der Waals surface area contributed by atoms with Crippen molar-refractivity contribution in [1.82, 2.24) is 10.2 Å². The summed E-state index contributed by atoms with van der Waals surface area (Å²) in [6.07, 6.45) is 1.01. The van der Waals surface area contributed by atoms with Gasteiger partial charge < -0.3 is 19.7 Å². The first-order chi connectivity index (χ1) is 16.7. The van der Waals surface area contributed by atoms with Gasteiger partial charge in [-0.1, -0.05) is 23.7 Å². The van der Waals surface area contributed by atoms with E-state index in [4.69, 9.17) is 21.1 Å². The molecular formula is C25H34ClN3O6S. The molecule has 0 radical (unpaired) electrons. The number of rotatable bonds is 10. The molecule has 0 bridgehead atoms. The molecule has 11 heteroatoms. The Kier molecular flexibility index (Phi) is 9.62. The van der Waals surface area contributed by atoms with E-state index in [0.717, 1.165) is 16.1 Å². The Morgan fingerprint density at radius 2 is 1.61 bits per heavy atom. The van der Waals surface area contributed by atoms with Gasteiger partial charge >= 0.3 is 0 Å². The third-order valence-electron chi connectivity index (χ3n) is 5.27. The van der Waals surface area contributed by atoms with Crippen molar-refractivity contribution >= 4 is 39.1 Å². The van der Waals surface area contributed by atoms with Crippen LogP contribution in [0.1, 0.15) is 33.3 Å². The van der Waals surface area contributed by atoms with Gasteiger partial charge in [-0.05, 0) is 57.5 Å². The molecule has 2 amide bonds. The number of nitrogens with one attached hydrogen (secondary N) is 1. The summed E-state index contributed by atoms with van der Waals surface area (Å²) in [5.74, 6) is -0.187. The van der Waals surface area contributed by atoms with Crippen molar-refractivity contribution in [3.8, 4) is 11.5 Å². The maximum Gasteiger partial charge on any atom is 0.244 e. The van der Waals surface area contributed by atoms with Crippen LogP contribution in [0.4, 0.5) is 5.69 Å². The summed E-state index contributed by atoms with van der Waals surface area (Å²) in [7, 11) is -0.975. The highest BCUT2D eigenvalue weighted by atomic mass is 35.5. The monoisotopic (exact) mass is 539 g/mol. The maximum absolute atomic E-state index is 13.6. The minimum Gasteiger partial charge on any atom is -0.493 e. The number of sulfonamides is 1. The molecule has 1 atom stereocenters. The van der Waals surface area contributed by atoms with E-state index in [1.54, 1.807) is 37.3 Å². The van der Waals surface area contributed by atoms with E-state index in [2.05, 4.69) is 5.32 Å². The van der Waals surface area contributed by atoms with Crippen molar-refractivity contribution in [3.05, 3.63) is 53.1 Å². The number of anilines is 1. The first kappa shape index (κ1) is 29.3. The number of methoxy groups -OCH3 is 2. The van der Waals surface area contributed by atoms with Gasteiger partial charge in [0.05, 0.1) is 26.2 Å². The predicted octanol–water partition coefficient (Wildman–Crippen LogP) is 3.46. The Bertz CT molecular complexity index is 1180. The Morgan fingerprint density at radius 1 is 1.03 bits per heavy atom. The Hall–Kier alpha value is -2.98. The number of benzene rings is 2. The molecule has 0 heterocycles. The van der Waals surface area contributed by atoms with Crippen LogP contribution in [-0.2, 0) is 26.2 Å². The lowest BCUT2D eigenvalue weighted by Crippen LogP contribution is -2.54. The summed E-state index contributed by atoms with van der Waals surface area (Å²) in [5.41, 5.74) is 0.445. The molecule has 0 aliphatic carbocycles. The van der Waals surface area contributed by atoms with Crippen LogP contribution < -0.4 is 19.1 Å². The molecule has 1 unspecified atom stereocenters. The van der Waals surface area contributed by atoms with E-state index in [-0.39, 0.29) is 18.1 Å². The molecule has 198 valence electrons. The van der Waals surface area contributed by atoms with Gasteiger partial charge in [0.2, 0.25) is 21.8 Å². The van der Waals surface area contributed by atoms with Gasteiger partial charge in [-0.25, -0.2) is 8.42 Å². The molecule has 0 saturated heterocycles. The van der Waals surface area contributed by atoms with Gasteiger partial charge in [0.25, 0.3) is 0 Å². The number of amides is 2.